The number of rotatable bonds is 6. The van der Waals surface area contributed by atoms with Crippen molar-refractivity contribution in [2.45, 2.75) is 26.8 Å². The molecule has 0 spiro atoms. The Balaban J connectivity index is 2.02. The average Bonchev–Trinajstić information content (AvgIpc) is 3.00. The standard InChI is InChI=1S/C22H21F2N3O3/c1-4-30-22(29)20(25-21(28)15-10-16(23)12-17(24)11-15)19-13(2)26-27(14(19)3)18-8-6-5-7-9-18/h5-12,20H,4H2,1-3H3,(H,25,28)/t20-/m1/s1. The highest BCUT2D eigenvalue weighted by Crippen LogP contribution is 2.26. The van der Waals surface area contributed by atoms with Crippen LogP contribution >= 0.6 is 0 Å². The van der Waals surface area contributed by atoms with Crippen LogP contribution < -0.4 is 5.32 Å². The van der Waals surface area contributed by atoms with Crippen LogP contribution in [0.3, 0.4) is 0 Å². The molecule has 0 radical (unpaired) electrons. The van der Waals surface area contributed by atoms with Crippen molar-refractivity contribution in [2.24, 2.45) is 0 Å². The van der Waals surface area contributed by atoms with E-state index in [0.29, 0.717) is 23.0 Å². The number of esters is 1. The van der Waals surface area contributed by atoms with Crippen LogP contribution in [0, 0.1) is 25.5 Å². The topological polar surface area (TPSA) is 73.2 Å². The van der Waals surface area contributed by atoms with E-state index in [4.69, 9.17) is 4.74 Å². The molecular formula is C22H21F2N3O3. The van der Waals surface area contributed by atoms with Gasteiger partial charge in [0.05, 0.1) is 18.0 Å². The molecule has 30 heavy (non-hydrogen) atoms. The largest absolute Gasteiger partial charge is 0.464 e. The summed E-state index contributed by atoms with van der Waals surface area (Å²) in [7, 11) is 0. The van der Waals surface area contributed by atoms with Gasteiger partial charge in [0, 0.05) is 22.9 Å². The Labute approximate surface area is 172 Å². The molecule has 0 aliphatic rings. The molecule has 1 heterocycles. The lowest BCUT2D eigenvalue weighted by molar-refractivity contribution is -0.145. The van der Waals surface area contributed by atoms with E-state index in [2.05, 4.69) is 10.4 Å². The summed E-state index contributed by atoms with van der Waals surface area (Å²) in [6.07, 6.45) is 0. The van der Waals surface area contributed by atoms with Gasteiger partial charge in [-0.15, -0.1) is 0 Å². The summed E-state index contributed by atoms with van der Waals surface area (Å²) < 4.78 is 33.8. The Morgan fingerprint density at radius 2 is 1.73 bits per heavy atom. The third-order valence-electron chi connectivity index (χ3n) is 4.56. The van der Waals surface area contributed by atoms with Gasteiger partial charge >= 0.3 is 5.97 Å². The molecule has 3 rings (SSSR count). The SMILES string of the molecule is CCOC(=O)[C@H](NC(=O)c1cc(F)cc(F)c1)c1c(C)nn(-c2ccccc2)c1C. The maximum Gasteiger partial charge on any atom is 0.333 e. The van der Waals surface area contributed by atoms with E-state index < -0.39 is 29.6 Å². The monoisotopic (exact) mass is 413 g/mol. The lowest BCUT2D eigenvalue weighted by Crippen LogP contribution is -2.35. The first-order chi connectivity index (χ1) is 14.3. The van der Waals surface area contributed by atoms with Gasteiger partial charge in [-0.1, -0.05) is 18.2 Å². The number of carbonyl (C=O) groups excluding carboxylic acids is 2. The number of nitrogens with zero attached hydrogens (tertiary/aromatic N) is 2. The molecule has 0 fully saturated rings. The smallest absolute Gasteiger partial charge is 0.333 e. The molecule has 0 bridgehead atoms. The molecule has 3 aromatic rings. The van der Waals surface area contributed by atoms with Gasteiger partial charge in [0.2, 0.25) is 0 Å². The fourth-order valence-corrected chi connectivity index (χ4v) is 3.27. The number of hydrogen-bond donors (Lipinski definition) is 1. The number of carbonyl (C=O) groups is 2. The van der Waals surface area contributed by atoms with Gasteiger partial charge in [0.1, 0.15) is 11.6 Å². The van der Waals surface area contributed by atoms with Crippen molar-refractivity contribution in [2.75, 3.05) is 6.61 Å². The van der Waals surface area contributed by atoms with Crippen LogP contribution in [0.4, 0.5) is 8.78 Å². The molecule has 0 saturated heterocycles. The van der Waals surface area contributed by atoms with Gasteiger partial charge in [-0.05, 0) is 45.0 Å². The molecule has 1 amide bonds. The molecule has 8 heteroatoms. The van der Waals surface area contributed by atoms with Crippen LogP contribution in [0.5, 0.6) is 0 Å². The molecule has 1 N–H and O–H groups in total. The van der Waals surface area contributed by atoms with E-state index in [1.165, 1.54) is 0 Å². The number of hydrogen-bond acceptors (Lipinski definition) is 4. The van der Waals surface area contributed by atoms with E-state index in [9.17, 15) is 18.4 Å². The minimum absolute atomic E-state index is 0.102. The number of ether oxygens (including phenoxy) is 1. The van der Waals surface area contributed by atoms with Crippen molar-refractivity contribution >= 4 is 11.9 Å². The zero-order chi connectivity index (χ0) is 21.8. The number of halogens is 2. The van der Waals surface area contributed by atoms with Crippen molar-refractivity contribution < 1.29 is 23.1 Å². The summed E-state index contributed by atoms with van der Waals surface area (Å²) in [5.41, 5.74) is 2.14. The average molecular weight is 413 g/mol. The summed E-state index contributed by atoms with van der Waals surface area (Å²) in [6.45, 7) is 5.22. The Morgan fingerprint density at radius 1 is 1.10 bits per heavy atom. The lowest BCUT2D eigenvalue weighted by Gasteiger charge is -2.18. The Kier molecular flexibility index (Phi) is 6.25. The highest BCUT2D eigenvalue weighted by Gasteiger charge is 2.31. The summed E-state index contributed by atoms with van der Waals surface area (Å²) in [6, 6.07) is 10.6. The second-order valence-electron chi connectivity index (χ2n) is 6.65. The minimum Gasteiger partial charge on any atom is -0.464 e. The van der Waals surface area contributed by atoms with Crippen LogP contribution in [0.25, 0.3) is 5.69 Å². The van der Waals surface area contributed by atoms with Crippen molar-refractivity contribution in [1.82, 2.24) is 15.1 Å². The molecule has 0 saturated carbocycles. The number of benzene rings is 2. The summed E-state index contributed by atoms with van der Waals surface area (Å²) in [5.74, 6) is -3.28. The van der Waals surface area contributed by atoms with Crippen LogP contribution in [-0.2, 0) is 9.53 Å². The predicted molar refractivity (Wildman–Crippen MR) is 106 cm³/mol. The summed E-state index contributed by atoms with van der Waals surface area (Å²) in [5, 5.41) is 7.02. The first-order valence-electron chi connectivity index (χ1n) is 9.37. The van der Waals surface area contributed by atoms with Gasteiger partial charge in [0.25, 0.3) is 5.91 Å². The highest BCUT2D eigenvalue weighted by atomic mass is 19.1. The fourth-order valence-electron chi connectivity index (χ4n) is 3.27. The van der Waals surface area contributed by atoms with Crippen LogP contribution in [0.1, 0.15) is 40.3 Å². The predicted octanol–water partition coefficient (Wildman–Crippen LogP) is 3.80. The molecule has 1 aromatic heterocycles. The second-order valence-corrected chi connectivity index (χ2v) is 6.65. The first kappa shape index (κ1) is 21.2. The Morgan fingerprint density at radius 3 is 2.33 bits per heavy atom. The molecule has 1 atom stereocenters. The maximum atomic E-state index is 13.5. The Bertz CT molecular complexity index is 1060. The van der Waals surface area contributed by atoms with Crippen molar-refractivity contribution in [1.29, 1.82) is 0 Å². The van der Waals surface area contributed by atoms with Gasteiger partial charge in [-0.25, -0.2) is 18.3 Å². The van der Waals surface area contributed by atoms with Crippen LogP contribution in [0.2, 0.25) is 0 Å². The van der Waals surface area contributed by atoms with Crippen LogP contribution in [-0.4, -0.2) is 28.3 Å². The molecule has 156 valence electrons. The zero-order valence-electron chi connectivity index (χ0n) is 16.8. The highest BCUT2D eigenvalue weighted by molar-refractivity contribution is 5.97. The number of amides is 1. The maximum absolute atomic E-state index is 13.5. The fraction of sp³-hybridized carbons (Fsp3) is 0.227. The van der Waals surface area contributed by atoms with Gasteiger partial charge in [-0.2, -0.15) is 5.10 Å². The summed E-state index contributed by atoms with van der Waals surface area (Å²) in [4.78, 5) is 25.3. The number of aryl methyl sites for hydroxylation is 1. The minimum atomic E-state index is -1.19. The lowest BCUT2D eigenvalue weighted by atomic mass is 10.0. The number of nitrogens with one attached hydrogen (secondary N) is 1. The molecular weight excluding hydrogens is 392 g/mol. The zero-order valence-corrected chi connectivity index (χ0v) is 16.8. The molecule has 2 aromatic carbocycles. The molecule has 6 nitrogen and oxygen atoms in total. The first-order valence-corrected chi connectivity index (χ1v) is 9.37. The third kappa shape index (κ3) is 4.37. The van der Waals surface area contributed by atoms with E-state index >= 15 is 0 Å². The number of para-hydroxylation sites is 1. The van der Waals surface area contributed by atoms with E-state index in [1.807, 2.05) is 30.3 Å². The molecule has 0 aliphatic carbocycles. The van der Waals surface area contributed by atoms with Gasteiger partial charge in [0.15, 0.2) is 6.04 Å². The van der Waals surface area contributed by atoms with Gasteiger partial charge in [-0.3, -0.25) is 4.79 Å². The van der Waals surface area contributed by atoms with E-state index in [-0.39, 0.29) is 12.2 Å². The normalized spacial score (nSPS) is 11.8. The molecule has 0 unspecified atom stereocenters. The quantitative estimate of drug-likeness (QED) is 0.624. The molecule has 0 aliphatic heterocycles. The van der Waals surface area contributed by atoms with Gasteiger partial charge < -0.3 is 10.1 Å². The van der Waals surface area contributed by atoms with E-state index in [1.54, 1.807) is 25.5 Å². The Hall–Kier alpha value is -3.55. The number of aromatic nitrogens is 2. The van der Waals surface area contributed by atoms with Crippen molar-refractivity contribution in [3.63, 3.8) is 0 Å². The van der Waals surface area contributed by atoms with E-state index in [0.717, 1.165) is 17.8 Å². The second kappa shape index (κ2) is 8.86. The summed E-state index contributed by atoms with van der Waals surface area (Å²) >= 11 is 0. The third-order valence-corrected chi connectivity index (χ3v) is 4.56. The van der Waals surface area contributed by atoms with Crippen molar-refractivity contribution in [3.8, 4) is 5.69 Å². The van der Waals surface area contributed by atoms with Crippen molar-refractivity contribution in [3.05, 3.63) is 82.7 Å². The van der Waals surface area contributed by atoms with Crippen LogP contribution in [0.15, 0.2) is 48.5 Å².